The predicted molar refractivity (Wildman–Crippen MR) is 68.0 cm³/mol. The van der Waals surface area contributed by atoms with E-state index < -0.39 is 5.67 Å². The Balaban J connectivity index is 1.52. The summed E-state index contributed by atoms with van der Waals surface area (Å²) >= 11 is 0. The van der Waals surface area contributed by atoms with Crippen LogP contribution in [0.25, 0.3) is 0 Å². The number of amides is 1. The lowest BCUT2D eigenvalue weighted by Crippen LogP contribution is -2.55. The number of nitrogens with zero attached hydrogens (tertiary/aromatic N) is 2. The molecule has 0 unspecified atom stereocenters. The van der Waals surface area contributed by atoms with Crippen LogP contribution >= 0.6 is 0 Å². The van der Waals surface area contributed by atoms with Crippen molar-refractivity contribution in [3.05, 3.63) is 0 Å². The molecular formula is C14H23FN2O. The van der Waals surface area contributed by atoms with Gasteiger partial charge in [-0.3, -0.25) is 4.79 Å². The summed E-state index contributed by atoms with van der Waals surface area (Å²) in [5.74, 6) is -0.235. The van der Waals surface area contributed by atoms with Gasteiger partial charge in [0.2, 0.25) is 0 Å². The maximum absolute atomic E-state index is 13.7. The van der Waals surface area contributed by atoms with Gasteiger partial charge in [0.05, 0.1) is 0 Å². The monoisotopic (exact) mass is 254 g/mol. The summed E-state index contributed by atoms with van der Waals surface area (Å²) in [5.41, 5.74) is -1.02. The molecule has 3 rings (SSSR count). The molecular weight excluding hydrogens is 231 g/mol. The Morgan fingerprint density at radius 3 is 2.17 bits per heavy atom. The van der Waals surface area contributed by atoms with Crippen molar-refractivity contribution in [1.29, 1.82) is 0 Å². The molecule has 3 fully saturated rings. The van der Waals surface area contributed by atoms with Crippen molar-refractivity contribution in [2.45, 2.75) is 50.2 Å². The molecule has 1 saturated heterocycles. The highest BCUT2D eigenvalue weighted by atomic mass is 19.1. The van der Waals surface area contributed by atoms with E-state index >= 15 is 0 Å². The Morgan fingerprint density at radius 1 is 1.17 bits per heavy atom. The molecule has 4 heteroatoms. The van der Waals surface area contributed by atoms with Crippen molar-refractivity contribution in [2.75, 3.05) is 27.2 Å². The molecule has 1 heterocycles. The lowest BCUT2D eigenvalue weighted by atomic mass is 9.60. The zero-order valence-electron chi connectivity index (χ0n) is 11.4. The van der Waals surface area contributed by atoms with Crippen molar-refractivity contribution in [2.24, 2.45) is 5.41 Å². The Labute approximate surface area is 108 Å². The van der Waals surface area contributed by atoms with Crippen molar-refractivity contribution in [3.63, 3.8) is 0 Å². The number of hydrogen-bond donors (Lipinski definition) is 0. The van der Waals surface area contributed by atoms with Gasteiger partial charge in [0, 0.05) is 19.1 Å². The first-order chi connectivity index (χ1) is 8.44. The number of hydrogen-bond acceptors (Lipinski definition) is 2. The van der Waals surface area contributed by atoms with E-state index in [2.05, 4.69) is 19.0 Å². The number of alkyl halides is 1. The lowest BCUT2D eigenvalue weighted by molar-refractivity contribution is -0.142. The molecule has 0 aromatic rings. The van der Waals surface area contributed by atoms with E-state index in [1.807, 2.05) is 0 Å². The van der Waals surface area contributed by atoms with Crippen LogP contribution in [0, 0.1) is 5.41 Å². The van der Waals surface area contributed by atoms with Crippen LogP contribution in [0.3, 0.4) is 0 Å². The fraction of sp³-hybridized carbons (Fsp3) is 0.929. The summed E-state index contributed by atoms with van der Waals surface area (Å²) in [6, 6.07) is 0.711. The molecule has 102 valence electrons. The largest absolute Gasteiger partial charge is 0.340 e. The smallest absolute Gasteiger partial charge is 0.260 e. The molecule has 3 nitrogen and oxygen atoms in total. The second kappa shape index (κ2) is 3.92. The van der Waals surface area contributed by atoms with Gasteiger partial charge in [-0.15, -0.1) is 0 Å². The summed E-state index contributed by atoms with van der Waals surface area (Å²) in [5, 5.41) is 0. The van der Waals surface area contributed by atoms with Crippen LogP contribution in [-0.2, 0) is 4.79 Å². The summed E-state index contributed by atoms with van der Waals surface area (Å²) in [6.45, 7) is 1.54. The number of piperidine rings is 1. The van der Waals surface area contributed by atoms with Gasteiger partial charge in [0.15, 0.2) is 5.67 Å². The third-order valence-corrected chi connectivity index (χ3v) is 5.25. The van der Waals surface area contributed by atoms with Gasteiger partial charge < -0.3 is 9.80 Å². The first-order valence-corrected chi connectivity index (χ1v) is 7.09. The fourth-order valence-corrected chi connectivity index (χ4v) is 3.50. The summed E-state index contributed by atoms with van der Waals surface area (Å²) < 4.78 is 13.7. The van der Waals surface area contributed by atoms with Gasteiger partial charge in [-0.25, -0.2) is 4.39 Å². The highest BCUT2D eigenvalue weighted by Crippen LogP contribution is 2.51. The first kappa shape index (κ1) is 12.4. The van der Waals surface area contributed by atoms with Crippen LogP contribution in [-0.4, -0.2) is 54.6 Å². The van der Waals surface area contributed by atoms with Gasteiger partial charge in [-0.05, 0) is 58.0 Å². The molecule has 1 aliphatic heterocycles. The van der Waals surface area contributed by atoms with Crippen molar-refractivity contribution >= 4 is 5.91 Å². The zero-order chi connectivity index (χ0) is 13.0. The summed E-state index contributed by atoms with van der Waals surface area (Å²) in [7, 11) is 4.27. The summed E-state index contributed by atoms with van der Waals surface area (Å²) in [6.07, 6.45) is 5.52. The number of rotatable bonds is 2. The molecule has 0 aromatic heterocycles. The third-order valence-electron chi connectivity index (χ3n) is 5.25. The van der Waals surface area contributed by atoms with Crippen LogP contribution in [0.15, 0.2) is 0 Å². The van der Waals surface area contributed by atoms with Crippen LogP contribution in [0.4, 0.5) is 4.39 Å². The second-order valence-corrected chi connectivity index (χ2v) is 6.78. The molecule has 1 spiro atoms. The average molecular weight is 254 g/mol. The quantitative estimate of drug-likeness (QED) is 0.750. The van der Waals surface area contributed by atoms with Gasteiger partial charge in [0.1, 0.15) is 0 Å². The van der Waals surface area contributed by atoms with E-state index in [0.717, 1.165) is 25.9 Å². The minimum atomic E-state index is -1.48. The standard InChI is InChI=1S/C14H23FN2O/c1-16(2)11-9-13(10-11)5-7-17(8-6-13)12(18)14(15)3-4-14/h11H,3-10H2,1-2H3. The minimum absolute atomic E-state index is 0.235. The molecule has 2 aliphatic carbocycles. The molecule has 0 radical (unpaired) electrons. The number of carbonyl (C=O) groups is 1. The van der Waals surface area contributed by atoms with Crippen molar-refractivity contribution in [3.8, 4) is 0 Å². The Bertz CT molecular complexity index is 349. The van der Waals surface area contributed by atoms with E-state index in [9.17, 15) is 9.18 Å². The maximum atomic E-state index is 13.7. The minimum Gasteiger partial charge on any atom is -0.340 e. The van der Waals surface area contributed by atoms with Gasteiger partial charge in [-0.2, -0.15) is 0 Å². The highest BCUT2D eigenvalue weighted by Gasteiger charge is 2.54. The highest BCUT2D eigenvalue weighted by molar-refractivity contribution is 5.88. The Morgan fingerprint density at radius 2 is 1.72 bits per heavy atom. The molecule has 2 saturated carbocycles. The molecule has 0 atom stereocenters. The molecule has 0 bridgehead atoms. The van der Waals surface area contributed by atoms with E-state index in [0.29, 0.717) is 24.3 Å². The second-order valence-electron chi connectivity index (χ2n) is 6.78. The van der Waals surface area contributed by atoms with Crippen molar-refractivity contribution in [1.82, 2.24) is 9.80 Å². The molecule has 1 amide bonds. The first-order valence-electron chi connectivity index (χ1n) is 7.09. The van der Waals surface area contributed by atoms with Crippen molar-refractivity contribution < 1.29 is 9.18 Å². The Kier molecular flexibility index (Phi) is 2.70. The van der Waals surface area contributed by atoms with E-state index in [1.54, 1.807) is 4.90 Å². The average Bonchev–Trinajstić information content (AvgIpc) is 3.04. The van der Waals surface area contributed by atoms with Crippen LogP contribution < -0.4 is 0 Å². The molecule has 18 heavy (non-hydrogen) atoms. The van der Waals surface area contributed by atoms with E-state index in [4.69, 9.17) is 0 Å². The fourth-order valence-electron chi connectivity index (χ4n) is 3.50. The zero-order valence-corrected chi connectivity index (χ0v) is 11.4. The molecule has 3 aliphatic rings. The SMILES string of the molecule is CN(C)C1CC2(CCN(C(=O)C3(F)CC3)CC2)C1. The normalized spacial score (nSPS) is 29.4. The topological polar surface area (TPSA) is 23.6 Å². The van der Waals surface area contributed by atoms with Gasteiger partial charge in [-0.1, -0.05) is 0 Å². The number of halogens is 1. The molecule has 0 aromatic carbocycles. The lowest BCUT2D eigenvalue weighted by Gasteiger charge is -2.54. The molecule has 0 N–H and O–H groups in total. The van der Waals surface area contributed by atoms with Crippen LogP contribution in [0.1, 0.15) is 38.5 Å². The Hall–Kier alpha value is -0.640. The van der Waals surface area contributed by atoms with Gasteiger partial charge >= 0.3 is 0 Å². The van der Waals surface area contributed by atoms with Crippen LogP contribution in [0.2, 0.25) is 0 Å². The number of carbonyl (C=O) groups excluding carboxylic acids is 1. The van der Waals surface area contributed by atoms with E-state index in [-0.39, 0.29) is 5.91 Å². The van der Waals surface area contributed by atoms with Gasteiger partial charge in [0.25, 0.3) is 5.91 Å². The number of likely N-dealkylation sites (tertiary alicyclic amines) is 1. The van der Waals surface area contributed by atoms with E-state index in [1.165, 1.54) is 12.8 Å². The summed E-state index contributed by atoms with van der Waals surface area (Å²) in [4.78, 5) is 16.0. The predicted octanol–water partition coefficient (Wildman–Crippen LogP) is 1.82. The third kappa shape index (κ3) is 1.94. The van der Waals surface area contributed by atoms with Crippen LogP contribution in [0.5, 0.6) is 0 Å². The maximum Gasteiger partial charge on any atom is 0.260 e.